The zero-order valence-electron chi connectivity index (χ0n) is 11.5. The van der Waals surface area contributed by atoms with Crippen LogP contribution < -0.4 is 5.32 Å². The van der Waals surface area contributed by atoms with E-state index in [9.17, 15) is 10.1 Å². The number of nitrogens with zero attached hydrogens (tertiary/aromatic N) is 4. The Hall–Kier alpha value is -2.07. The molecular formula is C14H15N5OS. The summed E-state index contributed by atoms with van der Waals surface area (Å²) in [5, 5.41) is 20.9. The monoisotopic (exact) mass is 301 g/mol. The highest BCUT2D eigenvalue weighted by molar-refractivity contribution is 7.99. The fraction of sp³-hybridized carbons (Fsp3) is 0.429. The van der Waals surface area contributed by atoms with Crippen molar-refractivity contribution < 1.29 is 4.79 Å². The van der Waals surface area contributed by atoms with Crippen molar-refractivity contribution >= 4 is 23.3 Å². The Morgan fingerprint density at radius 1 is 1.43 bits per heavy atom. The van der Waals surface area contributed by atoms with E-state index < -0.39 is 5.54 Å². The molecule has 0 spiro atoms. The summed E-state index contributed by atoms with van der Waals surface area (Å²) in [5.74, 6) is 0.107. The molecular weight excluding hydrogens is 286 g/mol. The van der Waals surface area contributed by atoms with Gasteiger partial charge in [0.25, 0.3) is 0 Å². The molecule has 0 aliphatic heterocycles. The van der Waals surface area contributed by atoms with Gasteiger partial charge in [0.05, 0.1) is 11.8 Å². The molecule has 0 atom stereocenters. The highest BCUT2D eigenvalue weighted by Gasteiger charge is 2.35. The van der Waals surface area contributed by atoms with Crippen LogP contribution in [0.25, 0.3) is 5.65 Å². The van der Waals surface area contributed by atoms with E-state index in [1.54, 1.807) is 0 Å². The minimum Gasteiger partial charge on any atom is -0.337 e. The molecule has 1 N–H and O–H groups in total. The molecule has 108 valence electrons. The summed E-state index contributed by atoms with van der Waals surface area (Å²) in [5.41, 5.74) is 0.0922. The Bertz CT molecular complexity index is 699. The van der Waals surface area contributed by atoms with Gasteiger partial charge >= 0.3 is 0 Å². The van der Waals surface area contributed by atoms with Gasteiger partial charge in [0.15, 0.2) is 10.8 Å². The van der Waals surface area contributed by atoms with Crippen LogP contribution in [0.2, 0.25) is 0 Å². The maximum Gasteiger partial charge on any atom is 0.231 e. The van der Waals surface area contributed by atoms with E-state index in [1.807, 2.05) is 28.8 Å². The Balaban J connectivity index is 1.62. The third-order valence-electron chi connectivity index (χ3n) is 3.66. The summed E-state index contributed by atoms with van der Waals surface area (Å²) in [6.07, 6.45) is 5.34. The molecule has 2 heterocycles. The van der Waals surface area contributed by atoms with Gasteiger partial charge in [-0.1, -0.05) is 17.8 Å². The number of hydrogen-bond donors (Lipinski definition) is 1. The molecule has 1 fully saturated rings. The zero-order valence-corrected chi connectivity index (χ0v) is 12.3. The molecule has 0 bridgehead atoms. The van der Waals surface area contributed by atoms with E-state index in [4.69, 9.17) is 0 Å². The molecule has 1 aliphatic carbocycles. The van der Waals surface area contributed by atoms with Crippen LogP contribution in [0.15, 0.2) is 29.6 Å². The summed E-state index contributed by atoms with van der Waals surface area (Å²) in [6, 6.07) is 7.90. The fourth-order valence-electron chi connectivity index (χ4n) is 2.59. The number of carbonyl (C=O) groups excluding carboxylic acids is 1. The number of amides is 1. The van der Waals surface area contributed by atoms with Crippen molar-refractivity contribution in [1.29, 1.82) is 5.26 Å². The highest BCUT2D eigenvalue weighted by Crippen LogP contribution is 2.29. The van der Waals surface area contributed by atoms with Crippen molar-refractivity contribution in [1.82, 2.24) is 19.9 Å². The van der Waals surface area contributed by atoms with E-state index in [0.717, 1.165) is 31.3 Å². The molecule has 0 saturated heterocycles. The van der Waals surface area contributed by atoms with E-state index in [1.165, 1.54) is 11.8 Å². The number of fused-ring (bicyclic) bond motifs is 1. The first-order chi connectivity index (χ1) is 10.2. The number of nitriles is 1. The fourth-order valence-corrected chi connectivity index (χ4v) is 3.32. The number of rotatable bonds is 4. The van der Waals surface area contributed by atoms with Crippen molar-refractivity contribution in [3.05, 3.63) is 24.4 Å². The largest absolute Gasteiger partial charge is 0.337 e. The first-order valence-electron chi connectivity index (χ1n) is 6.87. The molecule has 1 aliphatic rings. The summed E-state index contributed by atoms with van der Waals surface area (Å²) >= 11 is 1.33. The Morgan fingerprint density at radius 2 is 2.24 bits per heavy atom. The summed E-state index contributed by atoms with van der Waals surface area (Å²) in [6.45, 7) is 0. The Morgan fingerprint density at radius 3 is 3.00 bits per heavy atom. The summed E-state index contributed by atoms with van der Waals surface area (Å²) < 4.78 is 1.84. The van der Waals surface area contributed by atoms with Gasteiger partial charge in [0.1, 0.15) is 5.54 Å². The van der Waals surface area contributed by atoms with E-state index in [2.05, 4.69) is 21.6 Å². The number of hydrogen-bond acceptors (Lipinski definition) is 5. The van der Waals surface area contributed by atoms with Crippen LogP contribution in [0, 0.1) is 11.3 Å². The Kier molecular flexibility index (Phi) is 3.80. The lowest BCUT2D eigenvalue weighted by molar-refractivity contribution is -0.119. The smallest absolute Gasteiger partial charge is 0.231 e. The van der Waals surface area contributed by atoms with Crippen molar-refractivity contribution in [3.8, 4) is 6.07 Å². The summed E-state index contributed by atoms with van der Waals surface area (Å²) in [7, 11) is 0. The van der Waals surface area contributed by atoms with Crippen molar-refractivity contribution in [2.75, 3.05) is 5.75 Å². The molecule has 6 nitrogen and oxygen atoms in total. The average Bonchev–Trinajstić information content (AvgIpc) is 3.12. The first-order valence-corrected chi connectivity index (χ1v) is 7.86. The van der Waals surface area contributed by atoms with Crippen molar-refractivity contribution in [3.63, 3.8) is 0 Å². The van der Waals surface area contributed by atoms with E-state index >= 15 is 0 Å². The third kappa shape index (κ3) is 2.85. The number of carbonyl (C=O) groups is 1. The maximum atomic E-state index is 12.1. The standard InChI is InChI=1S/C14H15N5OS/c15-10-14(6-2-3-7-14)16-12(20)9-21-13-18-17-11-5-1-4-8-19(11)13/h1,4-5,8H,2-3,6-7,9H2,(H,16,20). The number of thioether (sulfide) groups is 1. The minimum absolute atomic E-state index is 0.129. The third-order valence-corrected chi connectivity index (χ3v) is 4.61. The summed E-state index contributed by atoms with van der Waals surface area (Å²) in [4.78, 5) is 12.1. The molecule has 3 rings (SSSR count). The molecule has 0 aromatic carbocycles. The second-order valence-electron chi connectivity index (χ2n) is 5.15. The average molecular weight is 301 g/mol. The normalized spacial score (nSPS) is 16.7. The maximum absolute atomic E-state index is 12.1. The second-order valence-corrected chi connectivity index (χ2v) is 6.09. The molecule has 1 amide bonds. The zero-order chi connectivity index (χ0) is 14.7. The van der Waals surface area contributed by atoms with Gasteiger partial charge in [-0.2, -0.15) is 5.26 Å². The minimum atomic E-state index is -0.662. The van der Waals surface area contributed by atoms with Gasteiger partial charge < -0.3 is 5.32 Å². The molecule has 7 heteroatoms. The molecule has 0 unspecified atom stereocenters. The SMILES string of the molecule is N#CC1(NC(=O)CSc2nnc3ccccn23)CCCC1. The molecule has 1 saturated carbocycles. The van der Waals surface area contributed by atoms with Crippen molar-refractivity contribution in [2.24, 2.45) is 0 Å². The van der Waals surface area contributed by atoms with Gasteiger partial charge in [0.2, 0.25) is 5.91 Å². The topological polar surface area (TPSA) is 83.1 Å². The molecule has 0 radical (unpaired) electrons. The van der Waals surface area contributed by atoms with Gasteiger partial charge in [-0.25, -0.2) is 0 Å². The van der Waals surface area contributed by atoms with Crippen LogP contribution >= 0.6 is 11.8 Å². The van der Waals surface area contributed by atoms with Crippen molar-refractivity contribution in [2.45, 2.75) is 36.4 Å². The molecule has 2 aromatic rings. The van der Waals surface area contributed by atoms with Crippen LogP contribution in [-0.4, -0.2) is 31.8 Å². The molecule has 21 heavy (non-hydrogen) atoms. The Labute approximate surface area is 126 Å². The number of pyridine rings is 1. The van der Waals surface area contributed by atoms with Crippen LogP contribution in [-0.2, 0) is 4.79 Å². The second kappa shape index (κ2) is 5.74. The predicted octanol–water partition coefficient (Wildman–Crippen LogP) is 1.77. The van der Waals surface area contributed by atoms with Crippen LogP contribution in [0.4, 0.5) is 0 Å². The lowest BCUT2D eigenvalue weighted by atomic mass is 10.0. The lowest BCUT2D eigenvalue weighted by Gasteiger charge is -2.21. The highest BCUT2D eigenvalue weighted by atomic mass is 32.2. The van der Waals surface area contributed by atoms with Gasteiger partial charge in [0, 0.05) is 6.20 Å². The van der Waals surface area contributed by atoms with Crippen LogP contribution in [0.5, 0.6) is 0 Å². The quantitative estimate of drug-likeness (QED) is 0.870. The predicted molar refractivity (Wildman–Crippen MR) is 78.7 cm³/mol. The van der Waals surface area contributed by atoms with Crippen LogP contribution in [0.1, 0.15) is 25.7 Å². The first kappa shape index (κ1) is 13.9. The van der Waals surface area contributed by atoms with Gasteiger partial charge in [-0.05, 0) is 37.8 Å². The van der Waals surface area contributed by atoms with Gasteiger partial charge in [-0.3, -0.25) is 9.20 Å². The van der Waals surface area contributed by atoms with E-state index in [-0.39, 0.29) is 11.7 Å². The lowest BCUT2D eigenvalue weighted by Crippen LogP contribution is -2.45. The van der Waals surface area contributed by atoms with Crippen LogP contribution in [0.3, 0.4) is 0 Å². The van der Waals surface area contributed by atoms with Gasteiger partial charge in [-0.15, -0.1) is 10.2 Å². The molecule has 2 aromatic heterocycles. The van der Waals surface area contributed by atoms with E-state index in [0.29, 0.717) is 5.16 Å². The number of aromatic nitrogens is 3. The number of nitrogens with one attached hydrogen (secondary N) is 1.